The van der Waals surface area contributed by atoms with Gasteiger partial charge in [-0.05, 0) is 35.0 Å². The zero-order chi connectivity index (χ0) is 17.0. The summed E-state index contributed by atoms with van der Waals surface area (Å²) in [5.74, 6) is -0.612. The van der Waals surface area contributed by atoms with Gasteiger partial charge in [-0.2, -0.15) is 5.10 Å². The van der Waals surface area contributed by atoms with Gasteiger partial charge < -0.3 is 4.74 Å². The van der Waals surface area contributed by atoms with E-state index in [-0.39, 0.29) is 11.6 Å². The third kappa shape index (κ3) is 4.13. The molecular weight excluding hydrogens is 390 g/mol. The van der Waals surface area contributed by atoms with Crippen LogP contribution in [0.3, 0.4) is 0 Å². The molecule has 0 aliphatic rings. The molecule has 0 fully saturated rings. The first-order chi connectivity index (χ1) is 10.9. The van der Waals surface area contributed by atoms with E-state index in [1.165, 1.54) is 24.7 Å². The lowest BCUT2D eigenvalue weighted by atomic mass is 10.3. The van der Waals surface area contributed by atoms with E-state index in [1.807, 2.05) is 12.1 Å². The van der Waals surface area contributed by atoms with Gasteiger partial charge in [0.25, 0.3) is 5.91 Å². The lowest BCUT2D eigenvalue weighted by Crippen LogP contribution is -2.27. The van der Waals surface area contributed by atoms with Crippen LogP contribution in [0.2, 0.25) is 0 Å². The molecule has 1 atom stereocenters. The molecule has 23 heavy (non-hydrogen) atoms. The topological polar surface area (TPSA) is 112 Å². The predicted octanol–water partition coefficient (Wildman–Crippen LogP) is 2.34. The number of halogens is 1. The van der Waals surface area contributed by atoms with Gasteiger partial charge in [-0.15, -0.1) is 16.4 Å². The van der Waals surface area contributed by atoms with Crippen molar-refractivity contribution in [2.75, 3.05) is 7.11 Å². The second kappa shape index (κ2) is 7.33. The maximum atomic E-state index is 12.0. The molecule has 2 rings (SSSR count). The molecule has 2 aromatic heterocycles. The summed E-state index contributed by atoms with van der Waals surface area (Å²) in [6.45, 7) is 1.54. The molecule has 1 unspecified atom stereocenters. The number of nitro groups is 1. The van der Waals surface area contributed by atoms with Crippen LogP contribution in [0.25, 0.3) is 0 Å². The molecular formula is C12H12BrN5O4S. The Morgan fingerprint density at radius 2 is 2.39 bits per heavy atom. The van der Waals surface area contributed by atoms with Crippen molar-refractivity contribution in [2.45, 2.75) is 13.0 Å². The Morgan fingerprint density at radius 3 is 2.91 bits per heavy atom. The van der Waals surface area contributed by atoms with Gasteiger partial charge in [0.05, 0.1) is 22.0 Å². The fourth-order valence-electron chi connectivity index (χ4n) is 1.61. The number of methoxy groups -OCH3 is 1. The number of hydrazone groups is 1. The van der Waals surface area contributed by atoms with Gasteiger partial charge in [-0.3, -0.25) is 14.9 Å². The number of thiophene rings is 1. The van der Waals surface area contributed by atoms with Crippen molar-refractivity contribution in [1.82, 2.24) is 15.2 Å². The molecule has 0 saturated heterocycles. The summed E-state index contributed by atoms with van der Waals surface area (Å²) < 4.78 is 6.93. The highest BCUT2D eigenvalue weighted by Gasteiger charge is 2.25. The number of hydrogen-bond acceptors (Lipinski definition) is 7. The summed E-state index contributed by atoms with van der Waals surface area (Å²) in [5.41, 5.74) is 2.06. The van der Waals surface area contributed by atoms with E-state index in [9.17, 15) is 14.9 Å². The van der Waals surface area contributed by atoms with Crippen molar-refractivity contribution in [1.29, 1.82) is 0 Å². The minimum atomic E-state index is -0.787. The van der Waals surface area contributed by atoms with Gasteiger partial charge in [0.15, 0.2) is 0 Å². The number of amides is 1. The number of hydrogen-bond donors (Lipinski definition) is 1. The average molecular weight is 402 g/mol. The van der Waals surface area contributed by atoms with Crippen molar-refractivity contribution in [3.05, 3.63) is 37.1 Å². The Hall–Kier alpha value is -2.27. The minimum Gasteiger partial charge on any atom is -0.475 e. The third-order valence-electron chi connectivity index (χ3n) is 2.81. The van der Waals surface area contributed by atoms with Gasteiger partial charge >= 0.3 is 11.6 Å². The molecule has 0 bridgehead atoms. The van der Waals surface area contributed by atoms with Gasteiger partial charge in [0.1, 0.15) is 12.2 Å². The summed E-state index contributed by atoms with van der Waals surface area (Å²) in [6, 6.07) is 2.92. The lowest BCUT2D eigenvalue weighted by Gasteiger charge is -2.08. The van der Waals surface area contributed by atoms with Gasteiger partial charge in [0, 0.05) is 4.88 Å². The quantitative estimate of drug-likeness (QED) is 0.453. The van der Waals surface area contributed by atoms with Crippen LogP contribution in [0.1, 0.15) is 17.8 Å². The summed E-state index contributed by atoms with van der Waals surface area (Å²) >= 11 is 4.79. The SMILES string of the molecule is COc1nn(C(C)C(=O)N/N=C/c2ccc(Br)s2)cc1[N+](=O)[O-]. The number of carbonyl (C=O) groups excluding carboxylic acids is 1. The Bertz CT molecular complexity index is 756. The number of aromatic nitrogens is 2. The molecule has 0 aliphatic heterocycles. The van der Waals surface area contributed by atoms with Gasteiger partial charge in [-0.1, -0.05) is 0 Å². The highest BCUT2D eigenvalue weighted by Crippen LogP contribution is 2.26. The molecule has 0 aliphatic carbocycles. The zero-order valence-electron chi connectivity index (χ0n) is 12.1. The predicted molar refractivity (Wildman–Crippen MR) is 87.9 cm³/mol. The number of nitrogens with zero attached hydrogens (tertiary/aromatic N) is 4. The largest absolute Gasteiger partial charge is 0.475 e. The number of carbonyl (C=O) groups is 1. The first-order valence-corrected chi connectivity index (χ1v) is 7.89. The van der Waals surface area contributed by atoms with E-state index >= 15 is 0 Å². The summed E-state index contributed by atoms with van der Waals surface area (Å²) in [4.78, 5) is 23.1. The van der Waals surface area contributed by atoms with E-state index in [1.54, 1.807) is 6.92 Å². The van der Waals surface area contributed by atoms with Crippen LogP contribution in [-0.4, -0.2) is 33.9 Å². The van der Waals surface area contributed by atoms with Crippen LogP contribution in [0, 0.1) is 10.1 Å². The molecule has 0 spiro atoms. The Morgan fingerprint density at radius 1 is 1.65 bits per heavy atom. The molecule has 122 valence electrons. The highest BCUT2D eigenvalue weighted by atomic mass is 79.9. The highest BCUT2D eigenvalue weighted by molar-refractivity contribution is 9.11. The van der Waals surface area contributed by atoms with Crippen LogP contribution < -0.4 is 10.2 Å². The zero-order valence-corrected chi connectivity index (χ0v) is 14.5. The lowest BCUT2D eigenvalue weighted by molar-refractivity contribution is -0.385. The minimum absolute atomic E-state index is 0.151. The number of nitrogens with one attached hydrogen (secondary N) is 1. The van der Waals surface area contributed by atoms with Gasteiger partial charge in [-0.25, -0.2) is 10.1 Å². The molecule has 2 aromatic rings. The van der Waals surface area contributed by atoms with E-state index in [2.05, 4.69) is 31.6 Å². The van der Waals surface area contributed by atoms with Crippen LogP contribution in [0.15, 0.2) is 27.2 Å². The van der Waals surface area contributed by atoms with Crippen molar-refractivity contribution in [3.63, 3.8) is 0 Å². The summed E-state index contributed by atoms with van der Waals surface area (Å²) in [7, 11) is 1.27. The Labute approximate surface area is 143 Å². The van der Waals surface area contributed by atoms with Gasteiger partial charge in [0.2, 0.25) is 0 Å². The molecule has 9 nitrogen and oxygen atoms in total. The van der Waals surface area contributed by atoms with E-state index in [0.29, 0.717) is 0 Å². The van der Waals surface area contributed by atoms with E-state index < -0.39 is 16.9 Å². The van der Waals surface area contributed by atoms with Crippen LogP contribution in [0.4, 0.5) is 5.69 Å². The number of rotatable bonds is 6. The maximum Gasteiger partial charge on any atom is 0.350 e. The van der Waals surface area contributed by atoms with Crippen molar-refractivity contribution < 1.29 is 14.5 Å². The molecule has 1 amide bonds. The Kier molecular flexibility index (Phi) is 5.45. The second-order valence-electron chi connectivity index (χ2n) is 4.31. The number of ether oxygens (including phenoxy) is 1. The molecule has 2 heterocycles. The van der Waals surface area contributed by atoms with E-state index in [0.717, 1.165) is 19.5 Å². The fraction of sp³-hybridized carbons (Fsp3) is 0.250. The van der Waals surface area contributed by atoms with Crippen LogP contribution in [-0.2, 0) is 4.79 Å². The first kappa shape index (κ1) is 17.1. The van der Waals surface area contributed by atoms with Crippen molar-refractivity contribution in [3.8, 4) is 5.88 Å². The van der Waals surface area contributed by atoms with Crippen LogP contribution in [0.5, 0.6) is 5.88 Å². The second-order valence-corrected chi connectivity index (χ2v) is 6.81. The third-order valence-corrected chi connectivity index (χ3v) is 4.37. The normalized spacial score (nSPS) is 12.3. The first-order valence-electron chi connectivity index (χ1n) is 6.28. The van der Waals surface area contributed by atoms with Crippen molar-refractivity contribution in [2.24, 2.45) is 5.10 Å². The molecule has 11 heteroatoms. The summed E-state index contributed by atoms with van der Waals surface area (Å²) in [6.07, 6.45) is 2.65. The molecule has 0 aromatic carbocycles. The maximum absolute atomic E-state index is 12.0. The summed E-state index contributed by atoms with van der Waals surface area (Å²) in [5, 5.41) is 18.6. The molecule has 0 radical (unpaired) electrons. The fourth-order valence-corrected chi connectivity index (χ4v) is 2.90. The molecule has 1 N–H and O–H groups in total. The average Bonchev–Trinajstić information content (AvgIpc) is 3.12. The standard InChI is InChI=1S/C12H12BrN5O4S/c1-7(17-6-9(18(20)21)12(16-17)22-2)11(19)15-14-5-8-3-4-10(13)23-8/h3-7H,1-2H3,(H,15,19)/b14-5+. The molecule has 0 saturated carbocycles. The Balaban J connectivity index is 2.04. The van der Waals surface area contributed by atoms with Crippen LogP contribution >= 0.6 is 27.3 Å². The van der Waals surface area contributed by atoms with Crippen molar-refractivity contribution >= 4 is 45.1 Å². The van der Waals surface area contributed by atoms with E-state index in [4.69, 9.17) is 4.74 Å². The monoisotopic (exact) mass is 401 g/mol. The smallest absolute Gasteiger partial charge is 0.350 e.